The highest BCUT2D eigenvalue weighted by molar-refractivity contribution is 14.0. The van der Waals surface area contributed by atoms with Gasteiger partial charge in [0.15, 0.2) is 17.6 Å². The van der Waals surface area contributed by atoms with E-state index < -0.39 is 11.6 Å². The maximum Gasteiger partial charge on any atom is 0.308 e. The van der Waals surface area contributed by atoms with Crippen molar-refractivity contribution in [1.82, 2.24) is 10.2 Å². The Morgan fingerprint density at radius 1 is 1.31 bits per heavy atom. The summed E-state index contributed by atoms with van der Waals surface area (Å²) in [6.45, 7) is 2.16. The lowest BCUT2D eigenvalue weighted by molar-refractivity contribution is -0.146. The summed E-state index contributed by atoms with van der Waals surface area (Å²) in [6, 6.07) is 3.43. The summed E-state index contributed by atoms with van der Waals surface area (Å²) in [5.74, 6) is -1.07. The molecule has 1 N–H and O–H groups in total. The van der Waals surface area contributed by atoms with Crippen molar-refractivity contribution in [1.29, 1.82) is 0 Å². The average Bonchev–Trinajstić information content (AvgIpc) is 2.64. The molecule has 1 aromatic rings. The van der Waals surface area contributed by atoms with Crippen molar-refractivity contribution in [3.8, 4) is 5.75 Å². The van der Waals surface area contributed by atoms with E-state index in [0.717, 1.165) is 30.9 Å². The van der Waals surface area contributed by atoms with Gasteiger partial charge in [0.1, 0.15) is 12.4 Å². The summed E-state index contributed by atoms with van der Waals surface area (Å²) in [6.07, 6.45) is 1.44. The summed E-state index contributed by atoms with van der Waals surface area (Å²) in [4.78, 5) is 17.8. The molecule has 0 spiro atoms. The number of hydrogen-bond acceptors (Lipinski definition) is 4. The number of ether oxygens (including phenoxy) is 2. The number of carbonyl (C=O) groups excluding carboxylic acids is 1. The quantitative estimate of drug-likeness (QED) is 0.229. The van der Waals surface area contributed by atoms with Crippen molar-refractivity contribution in [3.05, 3.63) is 29.8 Å². The maximum absolute atomic E-state index is 13.1. The molecular formula is C17H24F2IN3O3. The standard InChI is InChI=1S/C17H23F2N3O3.HI/c1-20-17(22-8-5-12(6-9-22)16(23)24-2)21-7-10-25-13-3-4-14(18)15(19)11-13;/h3-4,11-12H,5-10H2,1-2H3,(H,20,21);1H. The van der Waals surface area contributed by atoms with Crippen molar-refractivity contribution in [2.75, 3.05) is 40.4 Å². The number of rotatable bonds is 5. The van der Waals surface area contributed by atoms with E-state index in [4.69, 9.17) is 9.47 Å². The minimum absolute atomic E-state index is 0. The molecule has 0 bridgehead atoms. The molecule has 146 valence electrons. The second-order valence-corrected chi connectivity index (χ2v) is 5.68. The van der Waals surface area contributed by atoms with E-state index in [1.165, 1.54) is 13.2 Å². The molecule has 2 rings (SSSR count). The molecule has 1 aliphatic rings. The van der Waals surface area contributed by atoms with Crippen LogP contribution in [0.1, 0.15) is 12.8 Å². The molecule has 1 fully saturated rings. The van der Waals surface area contributed by atoms with Crippen LogP contribution < -0.4 is 10.1 Å². The first kappa shape index (κ1) is 22.4. The molecule has 1 saturated heterocycles. The van der Waals surface area contributed by atoms with Crippen molar-refractivity contribution in [2.45, 2.75) is 12.8 Å². The molecule has 0 unspecified atom stereocenters. The Bertz CT molecular complexity index is 623. The van der Waals surface area contributed by atoms with Gasteiger partial charge in [-0.2, -0.15) is 0 Å². The fourth-order valence-electron chi connectivity index (χ4n) is 2.72. The third kappa shape index (κ3) is 6.26. The molecule has 0 atom stereocenters. The Hall–Kier alpha value is -1.65. The van der Waals surface area contributed by atoms with Crippen molar-refractivity contribution in [3.63, 3.8) is 0 Å². The van der Waals surface area contributed by atoms with Crippen molar-refractivity contribution < 1.29 is 23.0 Å². The minimum atomic E-state index is -0.935. The molecule has 1 aliphatic heterocycles. The van der Waals surface area contributed by atoms with Gasteiger partial charge in [-0.3, -0.25) is 9.79 Å². The first-order chi connectivity index (χ1) is 12.0. The number of methoxy groups -OCH3 is 1. The van der Waals surface area contributed by atoms with E-state index in [2.05, 4.69) is 15.2 Å². The number of halogens is 3. The van der Waals surface area contributed by atoms with Gasteiger partial charge < -0.3 is 19.7 Å². The van der Waals surface area contributed by atoms with Gasteiger partial charge in [-0.15, -0.1) is 24.0 Å². The molecule has 9 heteroatoms. The van der Waals surface area contributed by atoms with Crippen molar-refractivity contribution >= 4 is 35.9 Å². The van der Waals surface area contributed by atoms with E-state index in [0.29, 0.717) is 19.6 Å². The largest absolute Gasteiger partial charge is 0.492 e. The van der Waals surface area contributed by atoms with Crippen LogP contribution >= 0.6 is 24.0 Å². The van der Waals surface area contributed by atoms with Gasteiger partial charge in [0.05, 0.1) is 19.6 Å². The van der Waals surface area contributed by atoms with Crippen LogP contribution in [0.2, 0.25) is 0 Å². The lowest BCUT2D eigenvalue weighted by atomic mass is 9.97. The molecule has 0 saturated carbocycles. The Morgan fingerprint density at radius 2 is 2.00 bits per heavy atom. The van der Waals surface area contributed by atoms with Crippen LogP contribution in [0.4, 0.5) is 8.78 Å². The zero-order valence-electron chi connectivity index (χ0n) is 14.8. The highest BCUT2D eigenvalue weighted by Crippen LogP contribution is 2.18. The summed E-state index contributed by atoms with van der Waals surface area (Å²) in [5, 5.41) is 3.16. The Balaban J connectivity index is 0.00000338. The van der Waals surface area contributed by atoms with Crippen LogP contribution in [0, 0.1) is 17.6 Å². The average molecular weight is 483 g/mol. The second-order valence-electron chi connectivity index (χ2n) is 5.68. The van der Waals surface area contributed by atoms with E-state index in [9.17, 15) is 13.6 Å². The van der Waals surface area contributed by atoms with Gasteiger partial charge in [0, 0.05) is 26.2 Å². The second kappa shape index (κ2) is 11.1. The van der Waals surface area contributed by atoms with E-state index in [1.54, 1.807) is 7.05 Å². The molecule has 1 aromatic carbocycles. The zero-order chi connectivity index (χ0) is 18.2. The summed E-state index contributed by atoms with van der Waals surface area (Å²) in [7, 11) is 3.09. The third-order valence-electron chi connectivity index (χ3n) is 4.09. The van der Waals surface area contributed by atoms with Gasteiger partial charge in [0.2, 0.25) is 0 Å². The fourth-order valence-corrected chi connectivity index (χ4v) is 2.72. The topological polar surface area (TPSA) is 63.2 Å². The number of nitrogens with one attached hydrogen (secondary N) is 1. The smallest absolute Gasteiger partial charge is 0.308 e. The van der Waals surface area contributed by atoms with Gasteiger partial charge in [0.25, 0.3) is 0 Å². The third-order valence-corrected chi connectivity index (χ3v) is 4.09. The SMILES string of the molecule is CN=C(NCCOc1ccc(F)c(F)c1)N1CCC(C(=O)OC)CC1.I. The summed E-state index contributed by atoms with van der Waals surface area (Å²) < 4.78 is 36.1. The van der Waals surface area contributed by atoms with Gasteiger partial charge in [-0.25, -0.2) is 8.78 Å². The maximum atomic E-state index is 13.1. The first-order valence-corrected chi connectivity index (χ1v) is 8.16. The Kier molecular flexibility index (Phi) is 9.60. The first-order valence-electron chi connectivity index (χ1n) is 8.16. The number of benzene rings is 1. The molecule has 0 aliphatic carbocycles. The van der Waals surface area contributed by atoms with Crippen molar-refractivity contribution in [2.24, 2.45) is 10.9 Å². The number of hydrogen-bond donors (Lipinski definition) is 1. The predicted octanol–water partition coefficient (Wildman–Crippen LogP) is 2.42. The van der Waals surface area contributed by atoms with Crippen LogP contribution in [0.3, 0.4) is 0 Å². The molecule has 26 heavy (non-hydrogen) atoms. The monoisotopic (exact) mass is 483 g/mol. The van der Waals surface area contributed by atoms with Gasteiger partial charge >= 0.3 is 5.97 Å². The number of piperidine rings is 1. The van der Waals surface area contributed by atoms with Crippen LogP contribution in [-0.4, -0.2) is 57.2 Å². The normalized spacial score (nSPS) is 15.2. The van der Waals surface area contributed by atoms with Crippen LogP contribution in [0.25, 0.3) is 0 Å². The lowest BCUT2D eigenvalue weighted by Gasteiger charge is -2.33. The lowest BCUT2D eigenvalue weighted by Crippen LogP contribution is -2.47. The molecule has 1 heterocycles. The summed E-state index contributed by atoms with van der Waals surface area (Å²) >= 11 is 0. The van der Waals surface area contributed by atoms with E-state index >= 15 is 0 Å². The molecule has 6 nitrogen and oxygen atoms in total. The molecular weight excluding hydrogens is 459 g/mol. The van der Waals surface area contributed by atoms with E-state index in [-0.39, 0.29) is 48.2 Å². The highest BCUT2D eigenvalue weighted by atomic mass is 127. The van der Waals surface area contributed by atoms with Gasteiger partial charge in [-0.1, -0.05) is 0 Å². The number of aliphatic imine (C=N–C) groups is 1. The highest BCUT2D eigenvalue weighted by Gasteiger charge is 2.26. The zero-order valence-corrected chi connectivity index (χ0v) is 17.2. The van der Waals surface area contributed by atoms with Crippen LogP contribution in [0.5, 0.6) is 5.75 Å². The molecule has 0 radical (unpaired) electrons. The fraction of sp³-hybridized carbons (Fsp3) is 0.529. The number of nitrogens with zero attached hydrogens (tertiary/aromatic N) is 2. The number of carbonyl (C=O) groups is 1. The number of guanidine groups is 1. The molecule has 0 amide bonds. The Labute approximate surface area is 169 Å². The Morgan fingerprint density at radius 3 is 2.58 bits per heavy atom. The van der Waals surface area contributed by atoms with Gasteiger partial charge in [-0.05, 0) is 25.0 Å². The van der Waals surface area contributed by atoms with Crippen LogP contribution in [-0.2, 0) is 9.53 Å². The number of likely N-dealkylation sites (tertiary alicyclic amines) is 1. The summed E-state index contributed by atoms with van der Waals surface area (Å²) in [5.41, 5.74) is 0. The molecule has 0 aromatic heterocycles. The minimum Gasteiger partial charge on any atom is -0.492 e. The van der Waals surface area contributed by atoms with E-state index in [1.807, 2.05) is 0 Å². The van der Waals surface area contributed by atoms with Crippen LogP contribution in [0.15, 0.2) is 23.2 Å². The number of esters is 1. The predicted molar refractivity (Wildman–Crippen MR) is 105 cm³/mol.